The minimum absolute atomic E-state index is 0.0176. The molecule has 2 heterocycles. The van der Waals surface area contributed by atoms with E-state index in [1.54, 1.807) is 4.90 Å². The number of nitrogens with zero attached hydrogens (tertiary/aromatic N) is 1. The molecule has 0 bridgehead atoms. The number of halogens is 1. The number of carbonyl (C=O) groups excluding carboxylic acids is 2. The van der Waals surface area contributed by atoms with E-state index in [4.69, 9.17) is 4.42 Å². The van der Waals surface area contributed by atoms with E-state index in [0.29, 0.717) is 24.4 Å². The van der Waals surface area contributed by atoms with Gasteiger partial charge in [0.15, 0.2) is 5.76 Å². The van der Waals surface area contributed by atoms with Gasteiger partial charge in [0, 0.05) is 41.5 Å². The van der Waals surface area contributed by atoms with E-state index in [-0.39, 0.29) is 17.9 Å². The van der Waals surface area contributed by atoms with Crippen LogP contribution in [0.25, 0.3) is 11.0 Å². The molecule has 2 aromatic rings. The number of rotatable bonds is 2. The van der Waals surface area contributed by atoms with Crippen LogP contribution in [-0.4, -0.2) is 35.8 Å². The van der Waals surface area contributed by atoms with Crippen LogP contribution < -0.4 is 5.32 Å². The highest BCUT2D eigenvalue weighted by Gasteiger charge is 2.28. The molecule has 2 amide bonds. The standard InChI is InChI=1S/C17H19BrN2O3/c1-10-14-8-12(18)5-6-15(14)23-16(10)17(22)20-7-3-4-13(9-20)19-11(2)21/h5-6,8,13H,3-4,7,9H2,1-2H3,(H,19,21). The van der Waals surface area contributed by atoms with Crippen molar-refractivity contribution in [3.8, 4) is 0 Å². The summed E-state index contributed by atoms with van der Waals surface area (Å²) in [5, 5.41) is 3.84. The zero-order valence-electron chi connectivity index (χ0n) is 13.2. The van der Waals surface area contributed by atoms with Crippen molar-refractivity contribution in [2.24, 2.45) is 0 Å². The summed E-state index contributed by atoms with van der Waals surface area (Å²) < 4.78 is 6.74. The predicted molar refractivity (Wildman–Crippen MR) is 91.4 cm³/mol. The average Bonchev–Trinajstić information content (AvgIpc) is 2.83. The van der Waals surface area contributed by atoms with E-state index in [1.807, 2.05) is 25.1 Å². The third-order valence-corrected chi connectivity index (χ3v) is 4.70. The molecule has 0 spiro atoms. The molecule has 0 radical (unpaired) electrons. The molecule has 1 saturated heterocycles. The molecule has 1 fully saturated rings. The van der Waals surface area contributed by atoms with Crippen LogP contribution in [0.2, 0.25) is 0 Å². The topological polar surface area (TPSA) is 62.6 Å². The van der Waals surface area contributed by atoms with Gasteiger partial charge >= 0.3 is 0 Å². The number of likely N-dealkylation sites (tertiary alicyclic amines) is 1. The highest BCUT2D eigenvalue weighted by atomic mass is 79.9. The zero-order chi connectivity index (χ0) is 16.6. The molecule has 1 aliphatic rings. The number of fused-ring (bicyclic) bond motifs is 1. The van der Waals surface area contributed by atoms with E-state index in [0.717, 1.165) is 28.3 Å². The summed E-state index contributed by atoms with van der Waals surface area (Å²) in [6.45, 7) is 4.62. The fourth-order valence-electron chi connectivity index (χ4n) is 3.11. The monoisotopic (exact) mass is 378 g/mol. The van der Waals surface area contributed by atoms with Crippen molar-refractivity contribution < 1.29 is 14.0 Å². The van der Waals surface area contributed by atoms with Crippen LogP contribution in [0.3, 0.4) is 0 Å². The van der Waals surface area contributed by atoms with Crippen molar-refractivity contribution in [3.63, 3.8) is 0 Å². The number of amides is 2. The minimum atomic E-state index is -0.107. The number of nitrogens with one attached hydrogen (secondary N) is 1. The van der Waals surface area contributed by atoms with E-state index in [9.17, 15) is 9.59 Å². The Morgan fingerprint density at radius 1 is 1.39 bits per heavy atom. The smallest absolute Gasteiger partial charge is 0.289 e. The Hall–Kier alpha value is -1.82. The number of benzene rings is 1. The van der Waals surface area contributed by atoms with Crippen LogP contribution in [0.5, 0.6) is 0 Å². The fourth-order valence-corrected chi connectivity index (χ4v) is 3.47. The third kappa shape index (κ3) is 3.27. The molecule has 1 atom stereocenters. The summed E-state index contributed by atoms with van der Waals surface area (Å²) >= 11 is 3.44. The van der Waals surface area contributed by atoms with Crippen LogP contribution in [0.15, 0.2) is 27.1 Å². The quantitative estimate of drug-likeness (QED) is 0.872. The molecular formula is C17H19BrN2O3. The second kappa shape index (κ2) is 6.35. The van der Waals surface area contributed by atoms with Crippen molar-refractivity contribution in [3.05, 3.63) is 34.0 Å². The van der Waals surface area contributed by atoms with Crippen molar-refractivity contribution in [2.45, 2.75) is 32.7 Å². The molecule has 1 aromatic carbocycles. The number of aryl methyl sites for hydroxylation is 1. The summed E-state index contributed by atoms with van der Waals surface area (Å²) in [4.78, 5) is 25.8. The van der Waals surface area contributed by atoms with E-state index >= 15 is 0 Å². The third-order valence-electron chi connectivity index (χ3n) is 4.21. The molecule has 1 unspecified atom stereocenters. The molecule has 1 aliphatic heterocycles. The lowest BCUT2D eigenvalue weighted by atomic mass is 10.0. The fraction of sp³-hybridized carbons (Fsp3) is 0.412. The number of piperidine rings is 1. The first-order valence-electron chi connectivity index (χ1n) is 7.70. The van der Waals surface area contributed by atoms with Crippen molar-refractivity contribution in [1.82, 2.24) is 10.2 Å². The molecule has 5 nitrogen and oxygen atoms in total. The molecule has 1 N–H and O–H groups in total. The Balaban J connectivity index is 1.85. The second-order valence-corrected chi connectivity index (χ2v) is 6.90. The van der Waals surface area contributed by atoms with E-state index < -0.39 is 0 Å². The molecule has 1 aromatic heterocycles. The Morgan fingerprint density at radius 3 is 2.91 bits per heavy atom. The second-order valence-electron chi connectivity index (χ2n) is 5.99. The lowest BCUT2D eigenvalue weighted by molar-refractivity contribution is -0.120. The van der Waals surface area contributed by atoms with Gasteiger partial charge in [-0.2, -0.15) is 0 Å². The van der Waals surface area contributed by atoms with Crippen LogP contribution in [-0.2, 0) is 4.79 Å². The lowest BCUT2D eigenvalue weighted by Gasteiger charge is -2.32. The van der Waals surface area contributed by atoms with Crippen LogP contribution in [0.4, 0.5) is 0 Å². The van der Waals surface area contributed by atoms with Gasteiger partial charge in [-0.15, -0.1) is 0 Å². The number of hydrogen-bond donors (Lipinski definition) is 1. The maximum atomic E-state index is 12.8. The maximum Gasteiger partial charge on any atom is 0.289 e. The molecule has 0 aliphatic carbocycles. The normalized spacial score (nSPS) is 18.2. The number of furan rings is 1. The first-order valence-corrected chi connectivity index (χ1v) is 8.50. The van der Waals surface area contributed by atoms with Crippen LogP contribution in [0.1, 0.15) is 35.9 Å². The summed E-state index contributed by atoms with van der Waals surface area (Å²) in [6, 6.07) is 5.73. The Labute approximate surface area is 143 Å². The Kier molecular flexibility index (Phi) is 4.43. The van der Waals surface area contributed by atoms with Gasteiger partial charge in [-0.05, 0) is 38.0 Å². The van der Waals surface area contributed by atoms with Gasteiger partial charge in [-0.1, -0.05) is 15.9 Å². The first-order chi connectivity index (χ1) is 11.0. The van der Waals surface area contributed by atoms with Crippen molar-refractivity contribution >= 4 is 38.7 Å². The minimum Gasteiger partial charge on any atom is -0.451 e. The molecule has 6 heteroatoms. The summed E-state index contributed by atoms with van der Waals surface area (Å²) in [5.41, 5.74) is 1.57. The molecule has 3 rings (SSSR count). The molecule has 0 saturated carbocycles. The predicted octanol–water partition coefficient (Wildman–Crippen LogP) is 3.24. The van der Waals surface area contributed by atoms with E-state index in [1.165, 1.54) is 6.92 Å². The number of hydrogen-bond acceptors (Lipinski definition) is 3. The summed E-state index contributed by atoms with van der Waals surface area (Å²) in [5.74, 6) is 0.223. The summed E-state index contributed by atoms with van der Waals surface area (Å²) in [6.07, 6.45) is 1.77. The lowest BCUT2D eigenvalue weighted by Crippen LogP contribution is -2.49. The zero-order valence-corrected chi connectivity index (χ0v) is 14.8. The maximum absolute atomic E-state index is 12.8. The molecule has 122 valence electrons. The molecule has 23 heavy (non-hydrogen) atoms. The van der Waals surface area contributed by atoms with Gasteiger partial charge in [0.25, 0.3) is 5.91 Å². The highest BCUT2D eigenvalue weighted by molar-refractivity contribution is 9.10. The Morgan fingerprint density at radius 2 is 2.17 bits per heavy atom. The van der Waals surface area contributed by atoms with Gasteiger partial charge in [0.05, 0.1) is 0 Å². The van der Waals surface area contributed by atoms with Gasteiger partial charge in [0.2, 0.25) is 5.91 Å². The first kappa shape index (κ1) is 16.1. The Bertz CT molecular complexity index is 769. The molecular weight excluding hydrogens is 360 g/mol. The largest absolute Gasteiger partial charge is 0.451 e. The van der Waals surface area contributed by atoms with Crippen LogP contribution >= 0.6 is 15.9 Å². The van der Waals surface area contributed by atoms with Gasteiger partial charge in [-0.25, -0.2) is 0 Å². The average molecular weight is 379 g/mol. The highest BCUT2D eigenvalue weighted by Crippen LogP contribution is 2.29. The van der Waals surface area contributed by atoms with E-state index in [2.05, 4.69) is 21.2 Å². The number of carbonyl (C=O) groups is 2. The van der Waals surface area contributed by atoms with Crippen molar-refractivity contribution in [2.75, 3.05) is 13.1 Å². The van der Waals surface area contributed by atoms with Gasteiger partial charge < -0.3 is 14.6 Å². The van der Waals surface area contributed by atoms with Crippen LogP contribution in [0, 0.1) is 6.92 Å². The van der Waals surface area contributed by atoms with Gasteiger partial charge in [-0.3, -0.25) is 9.59 Å². The van der Waals surface area contributed by atoms with Gasteiger partial charge in [0.1, 0.15) is 5.58 Å². The summed E-state index contributed by atoms with van der Waals surface area (Å²) in [7, 11) is 0. The SMILES string of the molecule is CC(=O)NC1CCCN(C(=O)c2oc3ccc(Br)cc3c2C)C1. The van der Waals surface area contributed by atoms with Crippen molar-refractivity contribution in [1.29, 1.82) is 0 Å².